The van der Waals surface area contributed by atoms with Crippen LogP contribution in [0.15, 0.2) is 54.9 Å². The Morgan fingerprint density at radius 2 is 1.67 bits per heavy atom. The van der Waals surface area contributed by atoms with Crippen LogP contribution in [0.1, 0.15) is 65.6 Å². The summed E-state index contributed by atoms with van der Waals surface area (Å²) >= 11 is 5.89. The number of fused-ring (bicyclic) bond motifs is 1. The van der Waals surface area contributed by atoms with Gasteiger partial charge in [0.25, 0.3) is 5.91 Å². The van der Waals surface area contributed by atoms with E-state index in [9.17, 15) is 19.5 Å². The Kier molecular flexibility index (Phi) is 8.39. The summed E-state index contributed by atoms with van der Waals surface area (Å²) in [5, 5.41) is 17.9. The number of anilines is 2. The Morgan fingerprint density at radius 1 is 0.957 bits per heavy atom. The smallest absolute Gasteiger partial charge is 0.255 e. The Balaban J connectivity index is 0.903. The standard InChI is InChI=1S/C34H38ClN7O4/c35-25-18-36-33(37-19-25)38-26-9-13-41(14-10-26)27-4-1-22(2-5-27)20-40-15-11-34(46,12-16-40)24-3-6-28-23(17-24)21-42(32(28)45)29-7-8-30(43)39-31(29)44/h1-6,17-19,26,29,46H,7-16,20-21H2,(H,36,37,38)(H,39,43,44). The predicted octanol–water partition coefficient (Wildman–Crippen LogP) is 3.46. The molecule has 0 saturated carbocycles. The summed E-state index contributed by atoms with van der Waals surface area (Å²) in [7, 11) is 0. The zero-order valence-electron chi connectivity index (χ0n) is 25.6. The average molecular weight is 644 g/mol. The topological polar surface area (TPSA) is 131 Å². The zero-order valence-corrected chi connectivity index (χ0v) is 26.4. The second kappa shape index (κ2) is 12.6. The lowest BCUT2D eigenvalue weighted by Gasteiger charge is -2.39. The lowest BCUT2D eigenvalue weighted by atomic mass is 9.83. The van der Waals surface area contributed by atoms with Crippen molar-refractivity contribution in [2.24, 2.45) is 0 Å². The van der Waals surface area contributed by atoms with Gasteiger partial charge in [-0.05, 0) is 67.0 Å². The molecule has 46 heavy (non-hydrogen) atoms. The van der Waals surface area contributed by atoms with Gasteiger partial charge >= 0.3 is 0 Å². The van der Waals surface area contributed by atoms with Gasteiger partial charge in [0.2, 0.25) is 17.8 Å². The molecule has 3 saturated heterocycles. The summed E-state index contributed by atoms with van der Waals surface area (Å²) in [6.07, 6.45) is 6.97. The molecule has 4 aliphatic heterocycles. The Morgan fingerprint density at radius 3 is 2.37 bits per heavy atom. The van der Waals surface area contributed by atoms with Crippen molar-refractivity contribution in [2.75, 3.05) is 36.4 Å². The number of aromatic nitrogens is 2. The Hall–Kier alpha value is -4.06. The van der Waals surface area contributed by atoms with Crippen LogP contribution in [-0.2, 0) is 28.3 Å². The number of nitrogens with zero attached hydrogens (tertiary/aromatic N) is 5. The number of benzene rings is 2. The van der Waals surface area contributed by atoms with E-state index in [4.69, 9.17) is 11.6 Å². The minimum absolute atomic E-state index is 0.199. The first kappa shape index (κ1) is 30.6. The molecule has 0 radical (unpaired) electrons. The largest absolute Gasteiger partial charge is 0.385 e. The molecule has 4 aliphatic rings. The van der Waals surface area contributed by atoms with Crippen LogP contribution in [0.2, 0.25) is 5.02 Å². The average Bonchev–Trinajstić information content (AvgIpc) is 3.39. The molecule has 0 spiro atoms. The third-order valence-electron chi connectivity index (χ3n) is 9.90. The van der Waals surface area contributed by atoms with Crippen LogP contribution < -0.4 is 15.5 Å². The van der Waals surface area contributed by atoms with Crippen molar-refractivity contribution in [3.63, 3.8) is 0 Å². The maximum absolute atomic E-state index is 13.1. The van der Waals surface area contributed by atoms with Gasteiger partial charge in [-0.3, -0.25) is 24.6 Å². The minimum Gasteiger partial charge on any atom is -0.385 e. The van der Waals surface area contributed by atoms with Crippen LogP contribution in [0.5, 0.6) is 0 Å². The third kappa shape index (κ3) is 6.31. The summed E-state index contributed by atoms with van der Waals surface area (Å²) in [5.41, 5.74) is 3.69. The second-order valence-electron chi connectivity index (χ2n) is 12.9. The number of piperidine rings is 3. The molecule has 240 valence electrons. The highest BCUT2D eigenvalue weighted by molar-refractivity contribution is 6.30. The molecule has 1 unspecified atom stereocenters. The van der Waals surface area contributed by atoms with Crippen molar-refractivity contribution in [1.82, 2.24) is 25.1 Å². The van der Waals surface area contributed by atoms with Crippen LogP contribution in [-0.4, -0.2) is 80.9 Å². The number of aliphatic hydroxyl groups is 1. The lowest BCUT2D eigenvalue weighted by molar-refractivity contribution is -0.136. The van der Waals surface area contributed by atoms with E-state index in [-0.39, 0.29) is 18.2 Å². The highest BCUT2D eigenvalue weighted by Gasteiger charge is 2.41. The Labute approximate surface area is 272 Å². The van der Waals surface area contributed by atoms with E-state index in [0.717, 1.165) is 56.7 Å². The van der Waals surface area contributed by atoms with Gasteiger partial charge in [0.15, 0.2) is 0 Å². The number of hydrogen-bond acceptors (Lipinski definition) is 9. The van der Waals surface area contributed by atoms with Crippen LogP contribution in [0, 0.1) is 0 Å². The summed E-state index contributed by atoms with van der Waals surface area (Å²) in [5.74, 6) is -0.303. The maximum atomic E-state index is 13.1. The van der Waals surface area contributed by atoms with Crippen molar-refractivity contribution in [3.8, 4) is 0 Å². The molecule has 3 aromatic rings. The number of likely N-dealkylation sites (tertiary alicyclic amines) is 1. The van der Waals surface area contributed by atoms with Gasteiger partial charge in [-0.1, -0.05) is 35.9 Å². The number of hydrogen-bond donors (Lipinski definition) is 3. The first-order valence-corrected chi connectivity index (χ1v) is 16.4. The molecule has 3 amide bonds. The van der Waals surface area contributed by atoms with E-state index < -0.39 is 17.6 Å². The number of nitrogens with one attached hydrogen (secondary N) is 2. The number of rotatable bonds is 7. The highest BCUT2D eigenvalue weighted by atomic mass is 35.5. The van der Waals surface area contributed by atoms with Crippen molar-refractivity contribution in [1.29, 1.82) is 0 Å². The van der Waals surface area contributed by atoms with E-state index >= 15 is 0 Å². The molecule has 1 atom stereocenters. The lowest BCUT2D eigenvalue weighted by Crippen LogP contribution is -2.52. The van der Waals surface area contributed by atoms with Crippen LogP contribution in [0.3, 0.4) is 0 Å². The van der Waals surface area contributed by atoms with Crippen LogP contribution in [0.4, 0.5) is 11.6 Å². The SMILES string of the molecule is O=C1CCC(N2Cc3cc(C4(O)CCN(Cc5ccc(N6CCC(Nc7ncc(Cl)cn7)CC6)cc5)CC4)ccc3C2=O)C(=O)N1. The monoisotopic (exact) mass is 643 g/mol. The summed E-state index contributed by atoms with van der Waals surface area (Å²) < 4.78 is 0. The molecule has 0 bridgehead atoms. The molecule has 3 fully saturated rings. The number of amides is 3. The molecular formula is C34H38ClN7O4. The maximum Gasteiger partial charge on any atom is 0.255 e. The third-order valence-corrected chi connectivity index (χ3v) is 10.1. The van der Waals surface area contributed by atoms with Crippen molar-refractivity contribution >= 4 is 41.0 Å². The van der Waals surface area contributed by atoms with Crippen molar-refractivity contribution in [3.05, 3.63) is 82.1 Å². The molecule has 1 aromatic heterocycles. The van der Waals surface area contributed by atoms with Crippen LogP contribution in [0.25, 0.3) is 0 Å². The van der Waals surface area contributed by atoms with Gasteiger partial charge < -0.3 is 20.2 Å². The number of imide groups is 1. The van der Waals surface area contributed by atoms with Gasteiger partial charge in [-0.15, -0.1) is 0 Å². The van der Waals surface area contributed by atoms with E-state index in [1.807, 2.05) is 12.1 Å². The molecule has 11 nitrogen and oxygen atoms in total. The molecule has 5 heterocycles. The summed E-state index contributed by atoms with van der Waals surface area (Å²) in [4.78, 5) is 51.9. The fourth-order valence-corrected chi connectivity index (χ4v) is 7.25. The summed E-state index contributed by atoms with van der Waals surface area (Å²) in [6, 6.07) is 14.1. The predicted molar refractivity (Wildman–Crippen MR) is 173 cm³/mol. The molecule has 3 N–H and O–H groups in total. The van der Waals surface area contributed by atoms with E-state index in [2.05, 4.69) is 54.7 Å². The Bertz CT molecular complexity index is 1620. The van der Waals surface area contributed by atoms with Crippen molar-refractivity contribution < 1.29 is 19.5 Å². The molecule has 7 rings (SSSR count). The number of carbonyl (C=O) groups is 3. The van der Waals surface area contributed by atoms with Gasteiger partial charge in [-0.2, -0.15) is 0 Å². The van der Waals surface area contributed by atoms with Crippen molar-refractivity contribution in [2.45, 2.75) is 69.3 Å². The van der Waals surface area contributed by atoms with Crippen LogP contribution >= 0.6 is 11.6 Å². The van der Waals surface area contributed by atoms with Gasteiger partial charge in [0, 0.05) is 63.0 Å². The first-order chi connectivity index (χ1) is 22.2. The van der Waals surface area contributed by atoms with Gasteiger partial charge in [0.1, 0.15) is 6.04 Å². The first-order valence-electron chi connectivity index (χ1n) is 16.0. The van der Waals surface area contributed by atoms with Gasteiger partial charge in [0.05, 0.1) is 23.0 Å². The van der Waals surface area contributed by atoms with E-state index in [1.54, 1.807) is 23.4 Å². The number of halogens is 1. The molecular weight excluding hydrogens is 606 g/mol. The summed E-state index contributed by atoms with van der Waals surface area (Å²) in [6.45, 7) is 4.56. The fourth-order valence-electron chi connectivity index (χ4n) is 7.16. The normalized spacial score (nSPS) is 22.1. The second-order valence-corrected chi connectivity index (χ2v) is 13.3. The molecule has 2 aromatic carbocycles. The van der Waals surface area contributed by atoms with E-state index in [0.29, 0.717) is 48.4 Å². The molecule has 0 aliphatic carbocycles. The highest BCUT2D eigenvalue weighted by Crippen LogP contribution is 2.37. The quantitative estimate of drug-likeness (QED) is 0.331. The number of carbonyl (C=O) groups excluding carboxylic acids is 3. The zero-order chi connectivity index (χ0) is 31.8. The fraction of sp³-hybridized carbons (Fsp3) is 0.441. The van der Waals surface area contributed by atoms with E-state index in [1.165, 1.54) is 11.3 Å². The minimum atomic E-state index is -0.971. The molecule has 12 heteroatoms. The van der Waals surface area contributed by atoms with Gasteiger partial charge in [-0.25, -0.2) is 9.97 Å².